The standard InChI is InChI=1S/C23H36N4O3/c1-24-23(26-13-10-21(11-14-26)30-16-6-15-29-2)25-12-5-9-22(28)27-17-19-7-3-4-8-20(19)18-27/h3-4,7-8,21H,5-6,9-18H2,1-2H3,(H,24,25). The third-order valence-electron chi connectivity index (χ3n) is 5.84. The Labute approximate surface area is 180 Å². The minimum Gasteiger partial charge on any atom is -0.385 e. The zero-order chi connectivity index (χ0) is 21.2. The monoisotopic (exact) mass is 416 g/mol. The van der Waals surface area contributed by atoms with Gasteiger partial charge in [0.2, 0.25) is 5.91 Å². The third-order valence-corrected chi connectivity index (χ3v) is 5.84. The van der Waals surface area contributed by atoms with Crippen molar-refractivity contribution in [1.29, 1.82) is 0 Å². The predicted molar refractivity (Wildman–Crippen MR) is 118 cm³/mol. The highest BCUT2D eigenvalue weighted by atomic mass is 16.5. The fourth-order valence-electron chi connectivity index (χ4n) is 4.13. The highest BCUT2D eigenvalue weighted by molar-refractivity contribution is 5.80. The molecule has 0 aliphatic carbocycles. The molecule has 1 N–H and O–H groups in total. The molecule has 3 rings (SSSR count). The summed E-state index contributed by atoms with van der Waals surface area (Å²) in [6.45, 7) is 5.65. The molecule has 1 aromatic rings. The number of carbonyl (C=O) groups excluding carboxylic acids is 1. The molecule has 1 amide bonds. The molecule has 2 heterocycles. The average molecular weight is 417 g/mol. The van der Waals surface area contributed by atoms with Crippen molar-refractivity contribution >= 4 is 11.9 Å². The summed E-state index contributed by atoms with van der Waals surface area (Å²) < 4.78 is 11.0. The Morgan fingerprint density at radius 3 is 2.43 bits per heavy atom. The number of nitrogens with zero attached hydrogens (tertiary/aromatic N) is 3. The fourth-order valence-corrected chi connectivity index (χ4v) is 4.13. The normalized spacial score (nSPS) is 17.3. The first-order chi connectivity index (χ1) is 14.7. The predicted octanol–water partition coefficient (Wildman–Crippen LogP) is 2.40. The van der Waals surface area contributed by atoms with Crippen LogP contribution >= 0.6 is 0 Å². The van der Waals surface area contributed by atoms with Gasteiger partial charge in [-0.05, 0) is 36.8 Å². The summed E-state index contributed by atoms with van der Waals surface area (Å²) in [5, 5.41) is 3.42. The number of nitrogens with one attached hydrogen (secondary N) is 1. The lowest BCUT2D eigenvalue weighted by Crippen LogP contribution is -2.47. The van der Waals surface area contributed by atoms with E-state index in [1.807, 2.05) is 24.1 Å². The molecule has 0 unspecified atom stereocenters. The minimum absolute atomic E-state index is 0.231. The molecular weight excluding hydrogens is 380 g/mol. The van der Waals surface area contributed by atoms with Crippen LogP contribution in [0.25, 0.3) is 0 Å². The van der Waals surface area contributed by atoms with Gasteiger partial charge in [0, 0.05) is 66.5 Å². The van der Waals surface area contributed by atoms with Crippen LogP contribution < -0.4 is 5.32 Å². The molecule has 30 heavy (non-hydrogen) atoms. The maximum Gasteiger partial charge on any atom is 0.223 e. The van der Waals surface area contributed by atoms with Crippen molar-refractivity contribution in [3.63, 3.8) is 0 Å². The van der Waals surface area contributed by atoms with E-state index in [0.717, 1.165) is 77.6 Å². The number of carbonyl (C=O) groups is 1. The number of aliphatic imine (C=N–C) groups is 1. The van der Waals surface area contributed by atoms with Crippen LogP contribution in [-0.4, -0.2) is 74.8 Å². The van der Waals surface area contributed by atoms with Gasteiger partial charge in [0.05, 0.1) is 6.10 Å². The molecule has 0 radical (unpaired) electrons. The quantitative estimate of drug-likeness (QED) is 0.380. The number of hydrogen-bond donors (Lipinski definition) is 1. The van der Waals surface area contributed by atoms with Gasteiger partial charge >= 0.3 is 0 Å². The second kappa shape index (κ2) is 11.9. The van der Waals surface area contributed by atoms with Crippen molar-refractivity contribution in [2.75, 3.05) is 47.0 Å². The average Bonchev–Trinajstić information content (AvgIpc) is 3.22. The Kier molecular flexibility index (Phi) is 8.96. The summed E-state index contributed by atoms with van der Waals surface area (Å²) in [7, 11) is 3.54. The lowest BCUT2D eigenvalue weighted by Gasteiger charge is -2.34. The summed E-state index contributed by atoms with van der Waals surface area (Å²) in [4.78, 5) is 21.2. The molecule has 1 aromatic carbocycles. The van der Waals surface area contributed by atoms with E-state index in [9.17, 15) is 4.79 Å². The molecule has 0 saturated carbocycles. The largest absolute Gasteiger partial charge is 0.385 e. The maximum atomic E-state index is 12.5. The van der Waals surface area contributed by atoms with Crippen LogP contribution in [0.2, 0.25) is 0 Å². The molecule has 0 spiro atoms. The number of guanidine groups is 1. The molecular formula is C23H36N4O3. The molecule has 7 nitrogen and oxygen atoms in total. The molecule has 166 valence electrons. The van der Waals surface area contributed by atoms with Gasteiger partial charge in [-0.15, -0.1) is 0 Å². The first-order valence-electron chi connectivity index (χ1n) is 11.1. The van der Waals surface area contributed by atoms with Crippen LogP contribution in [-0.2, 0) is 27.4 Å². The van der Waals surface area contributed by atoms with Crippen LogP contribution in [0, 0.1) is 0 Å². The third kappa shape index (κ3) is 6.44. The van der Waals surface area contributed by atoms with E-state index in [-0.39, 0.29) is 5.91 Å². The van der Waals surface area contributed by atoms with Gasteiger partial charge in [0.15, 0.2) is 5.96 Å². The SMILES string of the molecule is CN=C(NCCCC(=O)N1Cc2ccccc2C1)N1CCC(OCCCOC)CC1. The van der Waals surface area contributed by atoms with Crippen molar-refractivity contribution in [3.8, 4) is 0 Å². The topological polar surface area (TPSA) is 66.4 Å². The summed E-state index contributed by atoms with van der Waals surface area (Å²) >= 11 is 0. The van der Waals surface area contributed by atoms with E-state index in [4.69, 9.17) is 9.47 Å². The lowest BCUT2D eigenvalue weighted by atomic mass is 10.1. The number of methoxy groups -OCH3 is 1. The lowest BCUT2D eigenvalue weighted by molar-refractivity contribution is -0.131. The zero-order valence-electron chi connectivity index (χ0n) is 18.4. The Morgan fingerprint density at radius 2 is 1.80 bits per heavy atom. The smallest absolute Gasteiger partial charge is 0.223 e. The van der Waals surface area contributed by atoms with Crippen LogP contribution in [0.4, 0.5) is 0 Å². The van der Waals surface area contributed by atoms with Crippen molar-refractivity contribution in [2.45, 2.75) is 51.3 Å². The van der Waals surface area contributed by atoms with Crippen LogP contribution in [0.15, 0.2) is 29.3 Å². The second-order valence-corrected chi connectivity index (χ2v) is 8.00. The van der Waals surface area contributed by atoms with Gasteiger partial charge in [-0.1, -0.05) is 24.3 Å². The van der Waals surface area contributed by atoms with Gasteiger partial charge in [-0.3, -0.25) is 9.79 Å². The van der Waals surface area contributed by atoms with E-state index < -0.39 is 0 Å². The summed E-state index contributed by atoms with van der Waals surface area (Å²) in [6, 6.07) is 8.31. The van der Waals surface area contributed by atoms with E-state index in [1.54, 1.807) is 7.11 Å². The van der Waals surface area contributed by atoms with Gasteiger partial charge in [0.25, 0.3) is 0 Å². The van der Waals surface area contributed by atoms with E-state index >= 15 is 0 Å². The molecule has 2 aliphatic rings. The van der Waals surface area contributed by atoms with Gasteiger partial charge in [-0.2, -0.15) is 0 Å². The van der Waals surface area contributed by atoms with Crippen molar-refractivity contribution in [1.82, 2.24) is 15.1 Å². The van der Waals surface area contributed by atoms with E-state index in [1.165, 1.54) is 11.1 Å². The number of hydrogen-bond acceptors (Lipinski definition) is 4. The number of likely N-dealkylation sites (tertiary alicyclic amines) is 1. The van der Waals surface area contributed by atoms with Gasteiger partial charge < -0.3 is 24.6 Å². The number of amides is 1. The number of fused-ring (bicyclic) bond motifs is 1. The molecule has 1 saturated heterocycles. The number of ether oxygens (including phenoxy) is 2. The first-order valence-corrected chi connectivity index (χ1v) is 11.1. The molecule has 0 bridgehead atoms. The van der Waals surface area contributed by atoms with Gasteiger partial charge in [-0.25, -0.2) is 0 Å². The Hall–Kier alpha value is -2.12. The zero-order valence-corrected chi connectivity index (χ0v) is 18.4. The molecule has 0 atom stereocenters. The highest BCUT2D eigenvalue weighted by Crippen LogP contribution is 2.22. The van der Waals surface area contributed by atoms with Gasteiger partial charge in [0.1, 0.15) is 0 Å². The second-order valence-electron chi connectivity index (χ2n) is 8.00. The Morgan fingerprint density at radius 1 is 1.10 bits per heavy atom. The van der Waals surface area contributed by atoms with Crippen LogP contribution in [0.1, 0.15) is 43.2 Å². The van der Waals surface area contributed by atoms with Crippen LogP contribution in [0.5, 0.6) is 0 Å². The Bertz CT molecular complexity index is 676. The van der Waals surface area contributed by atoms with E-state index in [0.29, 0.717) is 12.5 Å². The number of benzene rings is 1. The van der Waals surface area contributed by atoms with Crippen molar-refractivity contribution in [3.05, 3.63) is 35.4 Å². The summed E-state index contributed by atoms with van der Waals surface area (Å²) in [5.41, 5.74) is 2.55. The van der Waals surface area contributed by atoms with Crippen molar-refractivity contribution in [2.24, 2.45) is 4.99 Å². The highest BCUT2D eigenvalue weighted by Gasteiger charge is 2.23. The number of piperidine rings is 1. The summed E-state index contributed by atoms with van der Waals surface area (Å²) in [6.07, 6.45) is 4.68. The summed E-state index contributed by atoms with van der Waals surface area (Å²) in [5.74, 6) is 1.16. The van der Waals surface area contributed by atoms with Crippen molar-refractivity contribution < 1.29 is 14.3 Å². The minimum atomic E-state index is 0.231. The molecule has 2 aliphatic heterocycles. The van der Waals surface area contributed by atoms with E-state index in [2.05, 4.69) is 27.3 Å². The maximum absolute atomic E-state index is 12.5. The first kappa shape index (κ1) is 22.6. The fraction of sp³-hybridized carbons (Fsp3) is 0.652. The Balaban J connectivity index is 1.30. The van der Waals surface area contributed by atoms with Crippen LogP contribution in [0.3, 0.4) is 0 Å². The molecule has 1 fully saturated rings. The molecule has 0 aromatic heterocycles. The molecule has 7 heteroatoms. The number of rotatable bonds is 9.